The molecule has 0 saturated heterocycles. The summed E-state index contributed by atoms with van der Waals surface area (Å²) in [4.78, 5) is 4.30. The van der Waals surface area contributed by atoms with Crippen LogP contribution in [-0.2, 0) is 0 Å². The standard InChI is InChI=1S/C12H11ClN4S/c1-7-2-3-10-8(4-7)5-9(11(13)16-10)6-15-17-12(14)18/h2-6H,1H3,(H3,14,17,18). The monoisotopic (exact) mass is 278 g/mol. The van der Waals surface area contributed by atoms with E-state index in [1.54, 1.807) is 0 Å². The molecule has 0 spiro atoms. The fourth-order valence-electron chi connectivity index (χ4n) is 1.54. The number of benzene rings is 1. The maximum Gasteiger partial charge on any atom is 0.184 e. The molecule has 1 heterocycles. The topological polar surface area (TPSA) is 63.3 Å². The van der Waals surface area contributed by atoms with Gasteiger partial charge in [-0.15, -0.1) is 0 Å². The highest BCUT2D eigenvalue weighted by molar-refractivity contribution is 7.80. The van der Waals surface area contributed by atoms with Crippen LogP contribution in [-0.4, -0.2) is 16.3 Å². The van der Waals surface area contributed by atoms with E-state index >= 15 is 0 Å². The molecule has 2 rings (SSSR count). The van der Waals surface area contributed by atoms with Gasteiger partial charge in [0, 0.05) is 10.9 Å². The van der Waals surface area contributed by atoms with E-state index in [9.17, 15) is 0 Å². The van der Waals surface area contributed by atoms with Crippen molar-refractivity contribution in [2.24, 2.45) is 10.8 Å². The van der Waals surface area contributed by atoms with E-state index in [0.29, 0.717) is 10.7 Å². The number of hydrogen-bond acceptors (Lipinski definition) is 3. The Kier molecular flexibility index (Phi) is 3.74. The molecule has 1 aromatic carbocycles. The molecule has 0 amide bonds. The summed E-state index contributed by atoms with van der Waals surface area (Å²) in [5.41, 5.74) is 10.5. The van der Waals surface area contributed by atoms with Gasteiger partial charge in [0.05, 0.1) is 11.7 Å². The van der Waals surface area contributed by atoms with Gasteiger partial charge in [0.1, 0.15) is 5.15 Å². The fourth-order valence-corrected chi connectivity index (χ4v) is 1.79. The number of aryl methyl sites for hydroxylation is 1. The number of pyridine rings is 1. The van der Waals surface area contributed by atoms with Crippen LogP contribution in [0.5, 0.6) is 0 Å². The molecule has 92 valence electrons. The quantitative estimate of drug-likeness (QED) is 0.383. The molecule has 6 heteroatoms. The van der Waals surface area contributed by atoms with E-state index in [1.165, 1.54) is 6.21 Å². The lowest BCUT2D eigenvalue weighted by molar-refractivity contribution is 1.04. The second-order valence-electron chi connectivity index (χ2n) is 3.80. The van der Waals surface area contributed by atoms with Crippen molar-refractivity contribution in [1.29, 1.82) is 0 Å². The van der Waals surface area contributed by atoms with Crippen LogP contribution < -0.4 is 11.2 Å². The smallest absolute Gasteiger partial charge is 0.184 e. The third kappa shape index (κ3) is 2.94. The predicted molar refractivity (Wildman–Crippen MR) is 79.0 cm³/mol. The SMILES string of the molecule is Cc1ccc2nc(Cl)c(C=NNC(N)=S)cc2c1. The number of fused-ring (bicyclic) bond motifs is 1. The first kappa shape index (κ1) is 12.7. The molecule has 0 atom stereocenters. The largest absolute Gasteiger partial charge is 0.375 e. The lowest BCUT2D eigenvalue weighted by Gasteiger charge is -2.03. The van der Waals surface area contributed by atoms with Gasteiger partial charge >= 0.3 is 0 Å². The number of nitrogens with one attached hydrogen (secondary N) is 1. The van der Waals surface area contributed by atoms with E-state index in [1.807, 2.05) is 31.2 Å². The summed E-state index contributed by atoms with van der Waals surface area (Å²) in [7, 11) is 0. The fraction of sp³-hybridized carbons (Fsp3) is 0.0833. The van der Waals surface area contributed by atoms with Crippen molar-refractivity contribution in [3.05, 3.63) is 40.5 Å². The zero-order chi connectivity index (χ0) is 13.1. The van der Waals surface area contributed by atoms with E-state index in [0.717, 1.165) is 16.5 Å². The molecular formula is C12H11ClN4S. The Morgan fingerprint density at radius 3 is 3.00 bits per heavy atom. The summed E-state index contributed by atoms with van der Waals surface area (Å²) in [6.07, 6.45) is 1.54. The number of aromatic nitrogens is 1. The summed E-state index contributed by atoms with van der Waals surface area (Å²) in [5.74, 6) is 0. The number of nitrogens with two attached hydrogens (primary N) is 1. The van der Waals surface area contributed by atoms with Crippen molar-refractivity contribution in [3.63, 3.8) is 0 Å². The Hall–Kier alpha value is -1.72. The minimum atomic E-state index is 0.104. The molecule has 18 heavy (non-hydrogen) atoms. The van der Waals surface area contributed by atoms with Crippen molar-refractivity contribution in [1.82, 2.24) is 10.4 Å². The van der Waals surface area contributed by atoms with Crippen LogP contribution in [0.25, 0.3) is 10.9 Å². The highest BCUT2D eigenvalue weighted by Crippen LogP contribution is 2.20. The Morgan fingerprint density at radius 2 is 2.28 bits per heavy atom. The zero-order valence-corrected chi connectivity index (χ0v) is 11.2. The van der Waals surface area contributed by atoms with Crippen molar-refractivity contribution in [3.8, 4) is 0 Å². The minimum Gasteiger partial charge on any atom is -0.375 e. The Balaban J connectivity index is 2.41. The van der Waals surface area contributed by atoms with Gasteiger partial charge in [-0.1, -0.05) is 23.2 Å². The van der Waals surface area contributed by atoms with E-state index < -0.39 is 0 Å². The highest BCUT2D eigenvalue weighted by atomic mass is 35.5. The van der Waals surface area contributed by atoms with Gasteiger partial charge in [-0.05, 0) is 37.3 Å². The molecule has 0 unspecified atom stereocenters. The number of thiocarbonyl (C=S) groups is 1. The van der Waals surface area contributed by atoms with Gasteiger partial charge in [-0.3, -0.25) is 5.43 Å². The highest BCUT2D eigenvalue weighted by Gasteiger charge is 2.03. The molecule has 0 saturated carbocycles. The summed E-state index contributed by atoms with van der Waals surface area (Å²) in [6, 6.07) is 7.89. The molecule has 1 aromatic heterocycles. The minimum absolute atomic E-state index is 0.104. The molecule has 0 aliphatic rings. The average Bonchev–Trinajstić information content (AvgIpc) is 2.30. The molecular weight excluding hydrogens is 268 g/mol. The maximum absolute atomic E-state index is 6.06. The predicted octanol–water partition coefficient (Wildman–Crippen LogP) is 2.36. The molecule has 2 aromatic rings. The lowest BCUT2D eigenvalue weighted by Crippen LogP contribution is -2.24. The van der Waals surface area contributed by atoms with Crippen LogP contribution in [0.3, 0.4) is 0 Å². The lowest BCUT2D eigenvalue weighted by atomic mass is 10.1. The van der Waals surface area contributed by atoms with Crippen LogP contribution in [0.4, 0.5) is 0 Å². The van der Waals surface area contributed by atoms with Crippen molar-refractivity contribution in [2.45, 2.75) is 6.92 Å². The first-order valence-corrected chi connectivity index (χ1v) is 6.00. The Labute approximate surface area is 115 Å². The van der Waals surface area contributed by atoms with E-state index in [2.05, 4.69) is 27.7 Å². The van der Waals surface area contributed by atoms with Gasteiger partial charge in [-0.2, -0.15) is 5.10 Å². The molecule has 0 bridgehead atoms. The number of hydrazone groups is 1. The number of hydrogen-bond donors (Lipinski definition) is 2. The second kappa shape index (κ2) is 5.29. The Morgan fingerprint density at radius 1 is 1.50 bits per heavy atom. The summed E-state index contributed by atoms with van der Waals surface area (Å²) < 4.78 is 0. The normalized spacial score (nSPS) is 11.0. The average molecular weight is 279 g/mol. The van der Waals surface area contributed by atoms with Crippen LogP contribution in [0.2, 0.25) is 5.15 Å². The maximum atomic E-state index is 6.06. The van der Waals surface area contributed by atoms with E-state index in [-0.39, 0.29) is 5.11 Å². The zero-order valence-electron chi connectivity index (χ0n) is 9.64. The molecule has 4 nitrogen and oxygen atoms in total. The van der Waals surface area contributed by atoms with Crippen molar-refractivity contribution in [2.75, 3.05) is 0 Å². The second-order valence-corrected chi connectivity index (χ2v) is 4.60. The summed E-state index contributed by atoms with van der Waals surface area (Å²) in [5, 5.41) is 5.37. The molecule has 0 aliphatic heterocycles. The van der Waals surface area contributed by atoms with Crippen LogP contribution in [0.15, 0.2) is 29.4 Å². The third-order valence-corrected chi connectivity index (χ3v) is 2.72. The molecule has 0 fully saturated rings. The van der Waals surface area contributed by atoms with Crippen LogP contribution in [0.1, 0.15) is 11.1 Å². The van der Waals surface area contributed by atoms with Crippen LogP contribution >= 0.6 is 23.8 Å². The number of rotatable bonds is 2. The van der Waals surface area contributed by atoms with Gasteiger partial charge in [0.2, 0.25) is 0 Å². The van der Waals surface area contributed by atoms with E-state index in [4.69, 9.17) is 17.3 Å². The molecule has 0 aliphatic carbocycles. The summed E-state index contributed by atoms with van der Waals surface area (Å²) in [6.45, 7) is 2.02. The Bertz CT molecular complexity index is 639. The third-order valence-electron chi connectivity index (χ3n) is 2.33. The first-order chi connectivity index (χ1) is 8.56. The van der Waals surface area contributed by atoms with Gasteiger partial charge in [0.15, 0.2) is 5.11 Å². The summed E-state index contributed by atoms with van der Waals surface area (Å²) >= 11 is 10.7. The van der Waals surface area contributed by atoms with Gasteiger partial charge in [0.25, 0.3) is 0 Å². The molecule has 0 radical (unpaired) electrons. The van der Waals surface area contributed by atoms with Crippen molar-refractivity contribution < 1.29 is 0 Å². The van der Waals surface area contributed by atoms with Crippen LogP contribution in [0, 0.1) is 6.92 Å². The van der Waals surface area contributed by atoms with Crippen molar-refractivity contribution >= 4 is 46.0 Å². The molecule has 3 N–H and O–H groups in total. The number of halogens is 1. The van der Waals surface area contributed by atoms with Gasteiger partial charge < -0.3 is 5.73 Å². The first-order valence-electron chi connectivity index (χ1n) is 5.21. The number of nitrogens with zero attached hydrogens (tertiary/aromatic N) is 2. The van der Waals surface area contributed by atoms with Gasteiger partial charge in [-0.25, -0.2) is 4.98 Å².